The highest BCUT2D eigenvalue weighted by atomic mass is 32.1. The zero-order valence-electron chi connectivity index (χ0n) is 15.9. The van der Waals surface area contributed by atoms with Crippen LogP contribution in [0.1, 0.15) is 29.9 Å². The molecule has 0 aliphatic carbocycles. The standard InChI is InChI=1S/C21H21FN2O3S/c1-13(2)23-20(25)17-12-28-21(24-17)15-7-8-18(19(10-15)26-3)27-11-14-5-4-6-16(22)9-14/h4-10,12-13H,11H2,1-3H3,(H,23,25). The van der Waals surface area contributed by atoms with Gasteiger partial charge >= 0.3 is 0 Å². The summed E-state index contributed by atoms with van der Waals surface area (Å²) in [6, 6.07) is 11.8. The van der Waals surface area contributed by atoms with Gasteiger partial charge in [0.1, 0.15) is 23.1 Å². The summed E-state index contributed by atoms with van der Waals surface area (Å²) in [5, 5.41) is 5.27. The molecule has 28 heavy (non-hydrogen) atoms. The maximum absolute atomic E-state index is 13.3. The number of carbonyl (C=O) groups is 1. The molecule has 0 atom stereocenters. The molecule has 0 spiro atoms. The summed E-state index contributed by atoms with van der Waals surface area (Å²) in [6.45, 7) is 4.03. The topological polar surface area (TPSA) is 60.5 Å². The third-order valence-electron chi connectivity index (χ3n) is 3.85. The van der Waals surface area contributed by atoms with E-state index in [0.717, 1.165) is 11.1 Å². The number of aromatic nitrogens is 1. The fraction of sp³-hybridized carbons (Fsp3) is 0.238. The van der Waals surface area contributed by atoms with Gasteiger partial charge < -0.3 is 14.8 Å². The summed E-state index contributed by atoms with van der Waals surface area (Å²) < 4.78 is 24.5. The Bertz CT molecular complexity index is 972. The Morgan fingerprint density at radius 3 is 2.75 bits per heavy atom. The monoisotopic (exact) mass is 400 g/mol. The second-order valence-corrected chi connectivity index (χ2v) is 7.31. The smallest absolute Gasteiger partial charge is 0.270 e. The van der Waals surface area contributed by atoms with Crippen molar-refractivity contribution in [2.24, 2.45) is 0 Å². The molecule has 0 bridgehead atoms. The first-order valence-corrected chi connectivity index (χ1v) is 9.66. The Kier molecular flexibility index (Phi) is 6.26. The number of halogens is 1. The highest BCUT2D eigenvalue weighted by molar-refractivity contribution is 7.13. The van der Waals surface area contributed by atoms with Gasteiger partial charge in [0.15, 0.2) is 11.5 Å². The third-order valence-corrected chi connectivity index (χ3v) is 4.74. The summed E-state index contributed by atoms with van der Waals surface area (Å²) in [4.78, 5) is 16.5. The minimum Gasteiger partial charge on any atom is -0.493 e. The Balaban J connectivity index is 1.76. The van der Waals surface area contributed by atoms with Gasteiger partial charge in [0.25, 0.3) is 5.91 Å². The molecule has 0 aliphatic rings. The van der Waals surface area contributed by atoms with E-state index in [2.05, 4.69) is 10.3 Å². The van der Waals surface area contributed by atoms with Gasteiger partial charge in [0.05, 0.1) is 7.11 Å². The van der Waals surface area contributed by atoms with Gasteiger partial charge in [-0.15, -0.1) is 11.3 Å². The van der Waals surface area contributed by atoms with Crippen molar-refractivity contribution in [2.75, 3.05) is 7.11 Å². The predicted molar refractivity (Wildman–Crippen MR) is 107 cm³/mol. The zero-order valence-corrected chi connectivity index (χ0v) is 16.7. The SMILES string of the molecule is COc1cc(-c2nc(C(=O)NC(C)C)cs2)ccc1OCc1cccc(F)c1. The average molecular weight is 400 g/mol. The second-order valence-electron chi connectivity index (χ2n) is 6.45. The first-order valence-electron chi connectivity index (χ1n) is 8.78. The number of rotatable bonds is 7. The number of amides is 1. The Morgan fingerprint density at radius 2 is 2.04 bits per heavy atom. The number of ether oxygens (including phenoxy) is 2. The van der Waals surface area contributed by atoms with Crippen LogP contribution in [0.15, 0.2) is 47.8 Å². The highest BCUT2D eigenvalue weighted by Gasteiger charge is 2.14. The van der Waals surface area contributed by atoms with Crippen LogP contribution in [-0.4, -0.2) is 24.0 Å². The summed E-state index contributed by atoms with van der Waals surface area (Å²) in [6.07, 6.45) is 0. The Labute approximate surface area is 167 Å². The molecule has 2 aromatic carbocycles. The number of nitrogens with one attached hydrogen (secondary N) is 1. The van der Waals surface area contributed by atoms with Crippen molar-refractivity contribution in [3.05, 3.63) is 64.9 Å². The van der Waals surface area contributed by atoms with E-state index in [1.54, 1.807) is 30.7 Å². The molecule has 146 valence electrons. The molecule has 7 heteroatoms. The fourth-order valence-corrected chi connectivity index (χ4v) is 3.35. The lowest BCUT2D eigenvalue weighted by Gasteiger charge is -2.12. The summed E-state index contributed by atoms with van der Waals surface area (Å²) >= 11 is 1.38. The number of hydrogen-bond donors (Lipinski definition) is 1. The number of nitrogens with zero attached hydrogens (tertiary/aromatic N) is 1. The molecule has 0 fully saturated rings. The van der Waals surface area contributed by atoms with Gasteiger partial charge in [-0.05, 0) is 49.7 Å². The third kappa shape index (κ3) is 4.86. The van der Waals surface area contributed by atoms with Gasteiger partial charge in [0, 0.05) is 17.0 Å². The van der Waals surface area contributed by atoms with Crippen molar-refractivity contribution < 1.29 is 18.7 Å². The Morgan fingerprint density at radius 1 is 1.21 bits per heavy atom. The largest absolute Gasteiger partial charge is 0.493 e. The first-order chi connectivity index (χ1) is 13.5. The van der Waals surface area contributed by atoms with Crippen molar-refractivity contribution in [3.63, 3.8) is 0 Å². The van der Waals surface area contributed by atoms with Crippen LogP contribution in [0.2, 0.25) is 0 Å². The van der Waals surface area contributed by atoms with Gasteiger partial charge in [0.2, 0.25) is 0 Å². The molecular formula is C21H21FN2O3S. The number of carbonyl (C=O) groups excluding carboxylic acids is 1. The van der Waals surface area contributed by atoms with Crippen molar-refractivity contribution >= 4 is 17.2 Å². The molecule has 5 nitrogen and oxygen atoms in total. The lowest BCUT2D eigenvalue weighted by molar-refractivity contribution is 0.0939. The van der Waals surface area contributed by atoms with Crippen LogP contribution in [0.25, 0.3) is 10.6 Å². The quantitative estimate of drug-likeness (QED) is 0.626. The number of thiazole rings is 1. The molecule has 1 aromatic heterocycles. The van der Waals surface area contributed by atoms with E-state index in [1.807, 2.05) is 26.0 Å². The molecule has 0 saturated carbocycles. The van der Waals surface area contributed by atoms with E-state index < -0.39 is 0 Å². The van der Waals surface area contributed by atoms with Crippen LogP contribution < -0.4 is 14.8 Å². The van der Waals surface area contributed by atoms with E-state index in [9.17, 15) is 9.18 Å². The summed E-state index contributed by atoms with van der Waals surface area (Å²) in [5.74, 6) is 0.589. The van der Waals surface area contributed by atoms with E-state index in [1.165, 1.54) is 23.5 Å². The van der Waals surface area contributed by atoms with Crippen molar-refractivity contribution in [2.45, 2.75) is 26.5 Å². The van der Waals surface area contributed by atoms with E-state index in [0.29, 0.717) is 22.2 Å². The minimum absolute atomic E-state index is 0.0484. The van der Waals surface area contributed by atoms with E-state index in [-0.39, 0.29) is 24.4 Å². The maximum Gasteiger partial charge on any atom is 0.270 e. The van der Waals surface area contributed by atoms with Crippen molar-refractivity contribution in [1.29, 1.82) is 0 Å². The molecule has 0 radical (unpaired) electrons. The molecule has 0 aliphatic heterocycles. The van der Waals surface area contributed by atoms with Gasteiger partial charge in [-0.2, -0.15) is 0 Å². The molecule has 0 unspecified atom stereocenters. The zero-order chi connectivity index (χ0) is 20.1. The molecular weight excluding hydrogens is 379 g/mol. The van der Waals surface area contributed by atoms with Crippen molar-refractivity contribution in [3.8, 4) is 22.1 Å². The molecule has 0 saturated heterocycles. The molecule has 3 rings (SSSR count). The number of methoxy groups -OCH3 is 1. The van der Waals surface area contributed by atoms with Gasteiger partial charge in [-0.25, -0.2) is 9.37 Å². The van der Waals surface area contributed by atoms with Crippen LogP contribution in [0.4, 0.5) is 4.39 Å². The summed E-state index contributed by atoms with van der Waals surface area (Å²) in [7, 11) is 1.55. The second kappa shape index (κ2) is 8.84. The average Bonchev–Trinajstić information content (AvgIpc) is 3.16. The molecule has 1 heterocycles. The maximum atomic E-state index is 13.3. The van der Waals surface area contributed by atoms with E-state index >= 15 is 0 Å². The Hall–Kier alpha value is -2.93. The minimum atomic E-state index is -0.301. The predicted octanol–water partition coefficient (Wildman–Crippen LogP) is 4.68. The molecule has 3 aromatic rings. The van der Waals surface area contributed by atoms with Crippen LogP contribution in [-0.2, 0) is 6.61 Å². The van der Waals surface area contributed by atoms with Crippen LogP contribution in [0.5, 0.6) is 11.5 Å². The normalized spacial score (nSPS) is 10.8. The number of hydrogen-bond acceptors (Lipinski definition) is 5. The van der Waals surface area contributed by atoms with Crippen molar-refractivity contribution in [1.82, 2.24) is 10.3 Å². The fourth-order valence-electron chi connectivity index (χ4n) is 2.55. The lowest BCUT2D eigenvalue weighted by Crippen LogP contribution is -2.30. The highest BCUT2D eigenvalue weighted by Crippen LogP contribution is 2.34. The summed E-state index contributed by atoms with van der Waals surface area (Å²) in [5.41, 5.74) is 1.94. The lowest BCUT2D eigenvalue weighted by atomic mass is 10.2. The van der Waals surface area contributed by atoms with Crippen LogP contribution >= 0.6 is 11.3 Å². The van der Waals surface area contributed by atoms with E-state index in [4.69, 9.17) is 9.47 Å². The number of benzene rings is 2. The first kappa shape index (κ1) is 19.8. The van der Waals surface area contributed by atoms with Crippen LogP contribution in [0, 0.1) is 5.82 Å². The van der Waals surface area contributed by atoms with Gasteiger partial charge in [-0.1, -0.05) is 12.1 Å². The molecule has 1 N–H and O–H groups in total. The molecule has 1 amide bonds. The van der Waals surface area contributed by atoms with Gasteiger partial charge in [-0.3, -0.25) is 4.79 Å². The van der Waals surface area contributed by atoms with Crippen LogP contribution in [0.3, 0.4) is 0 Å².